The third-order valence-corrected chi connectivity index (χ3v) is 4.49. The molecule has 4 aromatic rings. The first-order chi connectivity index (χ1) is 11.7. The van der Waals surface area contributed by atoms with Crippen molar-refractivity contribution >= 4 is 5.65 Å². The molecule has 8 heteroatoms. The zero-order valence-electron chi connectivity index (χ0n) is 13.3. The molecule has 0 amide bonds. The molecule has 1 N–H and O–H groups in total. The summed E-state index contributed by atoms with van der Waals surface area (Å²) < 4.78 is 7.28. The number of aromatic amines is 1. The molecule has 4 heterocycles. The molecule has 1 aliphatic carbocycles. The molecule has 5 rings (SSSR count). The van der Waals surface area contributed by atoms with Crippen LogP contribution in [-0.4, -0.2) is 34.7 Å². The lowest BCUT2D eigenvalue weighted by molar-refractivity contribution is 0.378. The van der Waals surface area contributed by atoms with Crippen molar-refractivity contribution in [3.8, 4) is 11.4 Å². The lowest BCUT2D eigenvalue weighted by atomic mass is 10.2. The summed E-state index contributed by atoms with van der Waals surface area (Å²) in [6.45, 7) is 3.96. The van der Waals surface area contributed by atoms with Gasteiger partial charge in [-0.05, 0) is 26.3 Å². The second-order valence-corrected chi connectivity index (χ2v) is 6.24. The fraction of sp³-hybridized carbons (Fsp3) is 0.312. The van der Waals surface area contributed by atoms with Crippen LogP contribution in [0.2, 0.25) is 0 Å². The molecular formula is C16H15N7O. The van der Waals surface area contributed by atoms with Crippen molar-refractivity contribution in [1.82, 2.24) is 34.7 Å². The van der Waals surface area contributed by atoms with Crippen LogP contribution < -0.4 is 0 Å². The summed E-state index contributed by atoms with van der Waals surface area (Å²) in [4.78, 5) is 16.4. The van der Waals surface area contributed by atoms with Gasteiger partial charge < -0.3 is 9.51 Å². The van der Waals surface area contributed by atoms with E-state index in [0.717, 1.165) is 34.7 Å². The van der Waals surface area contributed by atoms with E-state index in [4.69, 9.17) is 4.52 Å². The number of aromatic nitrogens is 7. The number of aryl methyl sites for hydroxylation is 2. The van der Waals surface area contributed by atoms with E-state index in [2.05, 4.69) is 30.2 Å². The van der Waals surface area contributed by atoms with Crippen molar-refractivity contribution in [3.63, 3.8) is 0 Å². The van der Waals surface area contributed by atoms with E-state index < -0.39 is 0 Å². The van der Waals surface area contributed by atoms with Crippen LogP contribution in [0.4, 0.5) is 0 Å². The Morgan fingerprint density at radius 1 is 1.21 bits per heavy atom. The molecule has 0 radical (unpaired) electrons. The zero-order valence-corrected chi connectivity index (χ0v) is 13.3. The molecule has 0 saturated heterocycles. The van der Waals surface area contributed by atoms with Gasteiger partial charge in [0.05, 0.1) is 18.1 Å². The Morgan fingerprint density at radius 2 is 2.12 bits per heavy atom. The number of rotatable bonds is 3. The topological polar surface area (TPSA) is 97.8 Å². The lowest BCUT2D eigenvalue weighted by Gasteiger charge is -2.00. The van der Waals surface area contributed by atoms with Crippen LogP contribution in [0.5, 0.6) is 0 Å². The quantitative estimate of drug-likeness (QED) is 0.622. The minimum atomic E-state index is 0.255. The van der Waals surface area contributed by atoms with Gasteiger partial charge in [-0.15, -0.1) is 0 Å². The molecule has 0 aromatic carbocycles. The van der Waals surface area contributed by atoms with Crippen LogP contribution in [0.3, 0.4) is 0 Å². The summed E-state index contributed by atoms with van der Waals surface area (Å²) in [6.07, 6.45) is 6.28. The Hall–Kier alpha value is -3.03. The minimum Gasteiger partial charge on any atom is -0.348 e. The number of nitrogens with zero attached hydrogens (tertiary/aromatic N) is 6. The largest absolute Gasteiger partial charge is 0.348 e. The molecule has 1 saturated carbocycles. The molecule has 8 nitrogen and oxygen atoms in total. The van der Waals surface area contributed by atoms with Crippen molar-refractivity contribution in [1.29, 1.82) is 0 Å². The highest BCUT2D eigenvalue weighted by Crippen LogP contribution is 2.53. The van der Waals surface area contributed by atoms with E-state index in [-0.39, 0.29) is 5.92 Å². The SMILES string of the molecule is Cc1cc(C)n2ncc(-c3noc([C@@H]4C[C@H]4c4cnc[nH]4)n3)c2n1. The second kappa shape index (κ2) is 4.73. The maximum atomic E-state index is 5.49. The minimum absolute atomic E-state index is 0.255. The van der Waals surface area contributed by atoms with Gasteiger partial charge in [-0.25, -0.2) is 14.5 Å². The smallest absolute Gasteiger partial charge is 0.230 e. The second-order valence-electron chi connectivity index (χ2n) is 6.24. The van der Waals surface area contributed by atoms with Crippen LogP contribution in [0.15, 0.2) is 29.3 Å². The monoisotopic (exact) mass is 321 g/mol. The molecule has 1 aliphatic rings. The molecule has 0 unspecified atom stereocenters. The fourth-order valence-corrected chi connectivity index (χ4v) is 3.20. The van der Waals surface area contributed by atoms with Crippen LogP contribution in [0, 0.1) is 13.8 Å². The molecule has 0 bridgehead atoms. The summed E-state index contributed by atoms with van der Waals surface area (Å²) in [5.41, 5.74) is 4.61. The average Bonchev–Trinajstić information content (AvgIpc) is 3.02. The van der Waals surface area contributed by atoms with Crippen molar-refractivity contribution in [3.05, 3.63) is 47.8 Å². The van der Waals surface area contributed by atoms with E-state index in [9.17, 15) is 0 Å². The number of imidazole rings is 1. The summed E-state index contributed by atoms with van der Waals surface area (Å²) >= 11 is 0. The van der Waals surface area contributed by atoms with E-state index >= 15 is 0 Å². The zero-order chi connectivity index (χ0) is 16.3. The van der Waals surface area contributed by atoms with Crippen LogP contribution in [-0.2, 0) is 0 Å². The summed E-state index contributed by atoms with van der Waals surface area (Å²) in [5, 5.41) is 8.52. The van der Waals surface area contributed by atoms with Gasteiger partial charge in [-0.3, -0.25) is 0 Å². The molecule has 24 heavy (non-hydrogen) atoms. The highest BCUT2D eigenvalue weighted by Gasteiger charge is 2.44. The van der Waals surface area contributed by atoms with Crippen molar-refractivity contribution in [2.45, 2.75) is 32.1 Å². The van der Waals surface area contributed by atoms with Gasteiger partial charge in [0.25, 0.3) is 0 Å². The van der Waals surface area contributed by atoms with Gasteiger partial charge in [-0.2, -0.15) is 10.1 Å². The molecule has 4 aromatic heterocycles. The van der Waals surface area contributed by atoms with Crippen LogP contribution in [0.25, 0.3) is 17.0 Å². The number of hydrogen-bond acceptors (Lipinski definition) is 6. The van der Waals surface area contributed by atoms with Gasteiger partial charge >= 0.3 is 0 Å². The first kappa shape index (κ1) is 13.4. The molecule has 2 atom stereocenters. The number of fused-ring (bicyclic) bond motifs is 1. The van der Waals surface area contributed by atoms with Gasteiger partial charge in [0.1, 0.15) is 0 Å². The van der Waals surface area contributed by atoms with Gasteiger partial charge in [-0.1, -0.05) is 5.16 Å². The highest BCUT2D eigenvalue weighted by atomic mass is 16.5. The maximum Gasteiger partial charge on any atom is 0.230 e. The molecule has 0 aliphatic heterocycles. The Bertz CT molecular complexity index is 1030. The van der Waals surface area contributed by atoms with Gasteiger partial charge in [0.15, 0.2) is 5.65 Å². The lowest BCUT2D eigenvalue weighted by Crippen LogP contribution is -1.97. The van der Waals surface area contributed by atoms with Crippen molar-refractivity contribution in [2.24, 2.45) is 0 Å². The normalized spacial score (nSPS) is 19.9. The molecular weight excluding hydrogens is 306 g/mol. The summed E-state index contributed by atoms with van der Waals surface area (Å²) in [7, 11) is 0. The summed E-state index contributed by atoms with van der Waals surface area (Å²) in [5.74, 6) is 1.83. The Balaban J connectivity index is 1.50. The predicted molar refractivity (Wildman–Crippen MR) is 84.4 cm³/mol. The first-order valence-electron chi connectivity index (χ1n) is 7.85. The van der Waals surface area contributed by atoms with E-state index in [1.165, 1.54) is 0 Å². The Morgan fingerprint density at radius 3 is 2.96 bits per heavy atom. The van der Waals surface area contributed by atoms with E-state index in [1.807, 2.05) is 26.1 Å². The van der Waals surface area contributed by atoms with E-state index in [0.29, 0.717) is 17.6 Å². The van der Waals surface area contributed by atoms with Crippen LogP contribution in [0.1, 0.15) is 41.2 Å². The number of hydrogen-bond donors (Lipinski definition) is 1. The van der Waals surface area contributed by atoms with Crippen molar-refractivity contribution < 1.29 is 4.52 Å². The third-order valence-electron chi connectivity index (χ3n) is 4.49. The van der Waals surface area contributed by atoms with Gasteiger partial charge in [0, 0.05) is 35.1 Å². The Kier molecular flexibility index (Phi) is 2.64. The van der Waals surface area contributed by atoms with Crippen LogP contribution >= 0.6 is 0 Å². The molecule has 1 fully saturated rings. The highest BCUT2D eigenvalue weighted by molar-refractivity contribution is 5.72. The van der Waals surface area contributed by atoms with Crippen molar-refractivity contribution in [2.75, 3.05) is 0 Å². The third kappa shape index (κ3) is 1.96. The maximum absolute atomic E-state index is 5.49. The standard InChI is InChI=1S/C16H15N7O/c1-8-3-9(2)23-15(20-8)12(5-19-23)14-21-16(24-22-14)11-4-10(11)13-6-17-7-18-13/h3,5-7,10-11H,4H2,1-2H3,(H,17,18)/t10-,11-/m1/s1. The first-order valence-corrected chi connectivity index (χ1v) is 7.85. The number of H-pyrrole nitrogens is 1. The molecule has 120 valence electrons. The summed E-state index contributed by atoms with van der Waals surface area (Å²) in [6, 6.07) is 1.99. The number of nitrogens with one attached hydrogen (secondary N) is 1. The fourth-order valence-electron chi connectivity index (χ4n) is 3.20. The predicted octanol–water partition coefficient (Wildman–Crippen LogP) is 2.39. The Labute approximate surface area is 137 Å². The molecule has 0 spiro atoms. The average molecular weight is 321 g/mol. The van der Waals surface area contributed by atoms with E-state index in [1.54, 1.807) is 17.0 Å². The van der Waals surface area contributed by atoms with Gasteiger partial charge in [0.2, 0.25) is 11.7 Å².